The lowest BCUT2D eigenvalue weighted by Gasteiger charge is -2.25. The number of aromatic nitrogens is 1. The molecule has 2 aromatic rings. The van der Waals surface area contributed by atoms with E-state index in [0.717, 1.165) is 24.1 Å². The van der Waals surface area contributed by atoms with Gasteiger partial charge in [-0.2, -0.15) is 0 Å². The summed E-state index contributed by atoms with van der Waals surface area (Å²) in [4.78, 5) is 18.4. The molecule has 1 fully saturated rings. The van der Waals surface area contributed by atoms with Gasteiger partial charge in [-0.3, -0.25) is 5.32 Å². The molecule has 0 saturated heterocycles. The molecule has 6 heteroatoms. The van der Waals surface area contributed by atoms with Gasteiger partial charge in [-0.1, -0.05) is 30.3 Å². The third-order valence-corrected chi connectivity index (χ3v) is 4.51. The number of thiazole rings is 1. The fraction of sp³-hybridized carbons (Fsp3) is 0.375. The van der Waals surface area contributed by atoms with E-state index in [9.17, 15) is 9.90 Å². The summed E-state index contributed by atoms with van der Waals surface area (Å²) in [6.07, 6.45) is 1.31. The number of amides is 2. The summed E-state index contributed by atoms with van der Waals surface area (Å²) in [6, 6.07) is 9.46. The van der Waals surface area contributed by atoms with Gasteiger partial charge in [0, 0.05) is 11.4 Å². The van der Waals surface area contributed by atoms with E-state index in [0.29, 0.717) is 11.7 Å². The molecule has 5 nitrogen and oxygen atoms in total. The second kappa shape index (κ2) is 6.46. The highest BCUT2D eigenvalue weighted by Gasteiger charge is 2.34. The van der Waals surface area contributed by atoms with Gasteiger partial charge in [-0.15, -0.1) is 11.3 Å². The van der Waals surface area contributed by atoms with Crippen LogP contribution in [0.25, 0.3) is 0 Å². The van der Waals surface area contributed by atoms with Gasteiger partial charge in [0.2, 0.25) is 0 Å². The Hall–Kier alpha value is -1.92. The summed E-state index contributed by atoms with van der Waals surface area (Å²) < 4.78 is 0. The van der Waals surface area contributed by atoms with Crippen molar-refractivity contribution in [2.75, 3.05) is 11.9 Å². The molecule has 1 saturated carbocycles. The average Bonchev–Trinajstić information content (AvgIpc) is 3.28. The molecule has 3 rings (SSSR count). The minimum absolute atomic E-state index is 0.188. The van der Waals surface area contributed by atoms with Crippen LogP contribution in [-0.4, -0.2) is 33.6 Å². The Balaban J connectivity index is 1.66. The van der Waals surface area contributed by atoms with Gasteiger partial charge in [0.05, 0.1) is 18.3 Å². The topological polar surface area (TPSA) is 65.5 Å². The maximum atomic E-state index is 12.4. The number of rotatable bonds is 5. The van der Waals surface area contributed by atoms with Crippen LogP contribution in [0.2, 0.25) is 0 Å². The molecule has 0 unspecified atom stereocenters. The van der Waals surface area contributed by atoms with Crippen molar-refractivity contribution in [3.8, 4) is 0 Å². The highest BCUT2D eigenvalue weighted by Crippen LogP contribution is 2.29. The number of aryl methyl sites for hydroxylation is 1. The molecular weight excluding hydrogens is 298 g/mol. The fourth-order valence-electron chi connectivity index (χ4n) is 2.33. The Kier molecular flexibility index (Phi) is 4.40. The second-order valence-electron chi connectivity index (χ2n) is 5.53. The van der Waals surface area contributed by atoms with Crippen molar-refractivity contribution >= 4 is 22.5 Å². The molecule has 0 bridgehead atoms. The van der Waals surface area contributed by atoms with Crippen molar-refractivity contribution in [2.24, 2.45) is 0 Å². The number of nitrogens with zero attached hydrogens (tertiary/aromatic N) is 2. The fourth-order valence-corrected chi connectivity index (χ4v) is 3.00. The molecule has 116 valence electrons. The Bertz CT molecular complexity index is 640. The monoisotopic (exact) mass is 317 g/mol. The molecule has 22 heavy (non-hydrogen) atoms. The van der Waals surface area contributed by atoms with E-state index in [2.05, 4.69) is 10.3 Å². The van der Waals surface area contributed by atoms with Crippen molar-refractivity contribution in [1.29, 1.82) is 0 Å². The quantitative estimate of drug-likeness (QED) is 0.890. The second-order valence-corrected chi connectivity index (χ2v) is 6.39. The maximum Gasteiger partial charge on any atom is 0.323 e. The zero-order chi connectivity index (χ0) is 15.5. The summed E-state index contributed by atoms with van der Waals surface area (Å²) in [6.45, 7) is 2.19. The number of hydrogen-bond donors (Lipinski definition) is 2. The van der Waals surface area contributed by atoms with E-state index in [1.165, 1.54) is 11.3 Å². The number of nitrogens with one attached hydrogen (secondary N) is 1. The minimum Gasteiger partial charge on any atom is -0.387 e. The van der Waals surface area contributed by atoms with Crippen LogP contribution in [-0.2, 0) is 0 Å². The highest BCUT2D eigenvalue weighted by atomic mass is 32.1. The van der Waals surface area contributed by atoms with Crippen LogP contribution in [0.1, 0.15) is 30.2 Å². The molecule has 2 N–H and O–H groups in total. The first kappa shape index (κ1) is 15.0. The van der Waals surface area contributed by atoms with Crippen LogP contribution in [0.3, 0.4) is 0 Å². The van der Waals surface area contributed by atoms with Gasteiger partial charge in [-0.25, -0.2) is 9.78 Å². The summed E-state index contributed by atoms with van der Waals surface area (Å²) >= 11 is 1.41. The third kappa shape index (κ3) is 3.64. The molecule has 1 aromatic heterocycles. The highest BCUT2D eigenvalue weighted by molar-refractivity contribution is 7.13. The van der Waals surface area contributed by atoms with Crippen molar-refractivity contribution in [3.05, 3.63) is 47.0 Å². The first-order valence-electron chi connectivity index (χ1n) is 7.36. The zero-order valence-corrected chi connectivity index (χ0v) is 13.2. The molecule has 1 aromatic carbocycles. The van der Waals surface area contributed by atoms with Crippen molar-refractivity contribution < 1.29 is 9.90 Å². The van der Waals surface area contributed by atoms with E-state index >= 15 is 0 Å². The van der Waals surface area contributed by atoms with Gasteiger partial charge >= 0.3 is 6.03 Å². The summed E-state index contributed by atoms with van der Waals surface area (Å²) in [5.74, 6) is 0. The van der Waals surface area contributed by atoms with Crippen molar-refractivity contribution in [3.63, 3.8) is 0 Å². The average molecular weight is 317 g/mol. The van der Waals surface area contributed by atoms with E-state index in [4.69, 9.17) is 0 Å². The molecule has 1 atom stereocenters. The van der Waals surface area contributed by atoms with Crippen molar-refractivity contribution in [1.82, 2.24) is 9.88 Å². The first-order chi connectivity index (χ1) is 10.6. The van der Waals surface area contributed by atoms with Gasteiger partial charge in [0.15, 0.2) is 5.13 Å². The minimum atomic E-state index is -0.675. The lowest BCUT2D eigenvalue weighted by Crippen LogP contribution is -2.39. The number of anilines is 1. The van der Waals surface area contributed by atoms with Gasteiger partial charge < -0.3 is 10.0 Å². The standard InChI is InChI=1S/C16H19N3O2S/c1-11-10-22-15(17-11)18-16(21)19(13-7-8-13)9-14(20)12-5-3-2-4-6-12/h2-6,10,13-14,20H,7-9H2,1H3,(H,17,18,21)/t14-/m0/s1. The number of aliphatic hydroxyl groups is 1. The largest absolute Gasteiger partial charge is 0.387 e. The van der Waals surface area contributed by atoms with Gasteiger partial charge in [-0.05, 0) is 25.3 Å². The number of aliphatic hydroxyl groups excluding tert-OH is 1. The van der Waals surface area contributed by atoms with Gasteiger partial charge in [0.1, 0.15) is 0 Å². The van der Waals surface area contributed by atoms with Crippen LogP contribution < -0.4 is 5.32 Å². The Morgan fingerprint density at radius 1 is 1.45 bits per heavy atom. The normalized spacial score (nSPS) is 15.4. The van der Waals surface area contributed by atoms with E-state index < -0.39 is 6.10 Å². The molecule has 0 aliphatic heterocycles. The lowest BCUT2D eigenvalue weighted by molar-refractivity contribution is 0.123. The van der Waals surface area contributed by atoms with Crippen LogP contribution in [0.5, 0.6) is 0 Å². The van der Waals surface area contributed by atoms with E-state index in [1.807, 2.05) is 42.6 Å². The van der Waals surface area contributed by atoms with Crippen LogP contribution in [0.4, 0.5) is 9.93 Å². The zero-order valence-electron chi connectivity index (χ0n) is 12.4. The van der Waals surface area contributed by atoms with Gasteiger partial charge in [0.25, 0.3) is 0 Å². The predicted octanol–water partition coefficient (Wildman–Crippen LogP) is 3.18. The summed E-state index contributed by atoms with van der Waals surface area (Å²) in [5, 5.41) is 15.7. The van der Waals surface area contributed by atoms with Crippen LogP contribution >= 0.6 is 11.3 Å². The number of urea groups is 1. The SMILES string of the molecule is Cc1csc(NC(=O)N(C[C@H](O)c2ccccc2)C2CC2)n1. The first-order valence-corrected chi connectivity index (χ1v) is 8.24. The number of hydrogen-bond acceptors (Lipinski definition) is 4. The third-order valence-electron chi connectivity index (χ3n) is 3.64. The van der Waals surface area contributed by atoms with Crippen LogP contribution in [0.15, 0.2) is 35.7 Å². The summed E-state index contributed by atoms with van der Waals surface area (Å²) in [5.41, 5.74) is 1.72. The molecule has 1 aliphatic carbocycles. The Morgan fingerprint density at radius 2 is 2.18 bits per heavy atom. The lowest BCUT2D eigenvalue weighted by atomic mass is 10.1. The molecule has 2 amide bonds. The Labute approximate surface area is 133 Å². The number of carbonyl (C=O) groups excluding carboxylic acids is 1. The molecule has 0 spiro atoms. The maximum absolute atomic E-state index is 12.4. The van der Waals surface area contributed by atoms with E-state index in [1.54, 1.807) is 4.90 Å². The number of carbonyl (C=O) groups is 1. The van der Waals surface area contributed by atoms with E-state index in [-0.39, 0.29) is 12.1 Å². The predicted molar refractivity (Wildman–Crippen MR) is 87.0 cm³/mol. The van der Waals surface area contributed by atoms with Crippen LogP contribution in [0, 0.1) is 6.92 Å². The Morgan fingerprint density at radius 3 is 2.77 bits per heavy atom. The molecular formula is C16H19N3O2S. The molecule has 0 radical (unpaired) electrons. The number of benzene rings is 1. The summed E-state index contributed by atoms with van der Waals surface area (Å²) in [7, 11) is 0. The smallest absolute Gasteiger partial charge is 0.323 e. The molecule has 1 aliphatic rings. The van der Waals surface area contributed by atoms with Crippen molar-refractivity contribution in [2.45, 2.75) is 31.9 Å². The molecule has 1 heterocycles.